The van der Waals surface area contributed by atoms with Gasteiger partial charge in [0.15, 0.2) is 6.39 Å². The van der Waals surface area contributed by atoms with Crippen LogP contribution >= 0.6 is 0 Å². The van der Waals surface area contributed by atoms with Gasteiger partial charge in [-0.25, -0.2) is 14.6 Å². The molecule has 0 bridgehead atoms. The number of esters is 1. The number of alkyl carbamates (subject to hydrolysis) is 1. The molecule has 7 heteroatoms. The minimum absolute atomic E-state index is 0.300. The van der Waals surface area contributed by atoms with E-state index in [1.165, 1.54) is 6.39 Å². The summed E-state index contributed by atoms with van der Waals surface area (Å²) in [5.74, 6) is 0.841. The standard InChI is InChI=1S/C22H20N2O5/c1-14-20(23-13-27-14)19(12-15-5-3-2-4-6-15)28-17-9-7-16(8-10-17)11-18-21(25)29-22(26)24-18/h2-10,13,18-19H,11-12H2,1H3,(H,24,26). The number of ether oxygens (including phenoxy) is 2. The average Bonchev–Trinajstić information content (AvgIpc) is 3.28. The number of carbonyl (C=O) groups is 2. The number of cyclic esters (lactones) is 2. The molecule has 1 aromatic heterocycles. The number of rotatable bonds is 7. The van der Waals surface area contributed by atoms with Gasteiger partial charge < -0.3 is 19.2 Å². The summed E-state index contributed by atoms with van der Waals surface area (Å²) in [6.45, 7) is 1.86. The number of oxazole rings is 1. The Balaban J connectivity index is 1.48. The molecule has 1 aliphatic rings. The van der Waals surface area contributed by atoms with Gasteiger partial charge in [0.25, 0.3) is 0 Å². The smallest absolute Gasteiger partial charge is 0.415 e. The summed E-state index contributed by atoms with van der Waals surface area (Å²) in [6.07, 6.45) is 1.43. The Morgan fingerprint density at radius 2 is 1.83 bits per heavy atom. The largest absolute Gasteiger partial charge is 0.484 e. The molecule has 1 saturated heterocycles. The molecular weight excluding hydrogens is 372 g/mol. The van der Waals surface area contributed by atoms with Crippen molar-refractivity contribution in [2.45, 2.75) is 31.9 Å². The maximum Gasteiger partial charge on any atom is 0.415 e. The Kier molecular flexibility index (Phi) is 5.29. The zero-order valence-corrected chi connectivity index (χ0v) is 15.8. The Morgan fingerprint density at radius 1 is 1.07 bits per heavy atom. The van der Waals surface area contributed by atoms with Crippen molar-refractivity contribution in [1.82, 2.24) is 10.3 Å². The molecule has 1 amide bonds. The Hall–Kier alpha value is -3.61. The highest BCUT2D eigenvalue weighted by molar-refractivity contribution is 5.95. The summed E-state index contributed by atoms with van der Waals surface area (Å²) in [5.41, 5.74) is 2.78. The number of hydrogen-bond acceptors (Lipinski definition) is 6. The van der Waals surface area contributed by atoms with Crippen LogP contribution in [0.5, 0.6) is 5.75 Å². The highest BCUT2D eigenvalue weighted by atomic mass is 16.6. The number of aromatic nitrogens is 1. The lowest BCUT2D eigenvalue weighted by Crippen LogP contribution is -2.30. The zero-order valence-electron chi connectivity index (χ0n) is 15.8. The van der Waals surface area contributed by atoms with E-state index in [9.17, 15) is 9.59 Å². The third-order valence-corrected chi connectivity index (χ3v) is 4.76. The highest BCUT2D eigenvalue weighted by Crippen LogP contribution is 2.27. The fraction of sp³-hybridized carbons (Fsp3) is 0.227. The molecule has 2 aromatic carbocycles. The molecule has 1 N–H and O–H groups in total. The molecule has 0 aliphatic carbocycles. The van der Waals surface area contributed by atoms with Crippen LogP contribution in [0, 0.1) is 6.92 Å². The van der Waals surface area contributed by atoms with Crippen LogP contribution in [0.3, 0.4) is 0 Å². The molecule has 2 unspecified atom stereocenters. The maximum atomic E-state index is 11.6. The normalized spacial score (nSPS) is 16.9. The van der Waals surface area contributed by atoms with Gasteiger partial charge in [0.2, 0.25) is 0 Å². The lowest BCUT2D eigenvalue weighted by molar-refractivity contribution is -0.135. The fourth-order valence-corrected chi connectivity index (χ4v) is 3.28. The summed E-state index contributed by atoms with van der Waals surface area (Å²) in [5, 5.41) is 2.49. The zero-order chi connectivity index (χ0) is 20.2. The van der Waals surface area contributed by atoms with E-state index in [1.54, 1.807) is 0 Å². The molecule has 7 nitrogen and oxygen atoms in total. The van der Waals surface area contributed by atoms with E-state index in [0.29, 0.717) is 18.6 Å². The van der Waals surface area contributed by atoms with Gasteiger partial charge >= 0.3 is 12.1 Å². The van der Waals surface area contributed by atoms with Crippen molar-refractivity contribution in [2.24, 2.45) is 0 Å². The number of amides is 1. The van der Waals surface area contributed by atoms with Crippen LogP contribution in [-0.4, -0.2) is 23.1 Å². The predicted molar refractivity (Wildman–Crippen MR) is 103 cm³/mol. The number of nitrogens with zero attached hydrogens (tertiary/aromatic N) is 1. The number of hydrogen-bond donors (Lipinski definition) is 1. The van der Waals surface area contributed by atoms with Gasteiger partial charge in [0.05, 0.1) is 0 Å². The first kappa shape index (κ1) is 18.7. The van der Waals surface area contributed by atoms with Gasteiger partial charge in [-0.05, 0) is 30.2 Å². The molecule has 2 atom stereocenters. The van der Waals surface area contributed by atoms with Crippen LogP contribution < -0.4 is 10.1 Å². The van der Waals surface area contributed by atoms with Crippen molar-refractivity contribution in [1.29, 1.82) is 0 Å². The summed E-state index contributed by atoms with van der Waals surface area (Å²) >= 11 is 0. The molecule has 1 fully saturated rings. The van der Waals surface area contributed by atoms with Gasteiger partial charge in [-0.1, -0.05) is 42.5 Å². The minimum atomic E-state index is -0.702. The van der Waals surface area contributed by atoms with E-state index in [2.05, 4.69) is 15.0 Å². The Labute approximate surface area is 167 Å². The average molecular weight is 392 g/mol. The van der Waals surface area contributed by atoms with E-state index < -0.39 is 18.1 Å². The molecule has 148 valence electrons. The quantitative estimate of drug-likeness (QED) is 0.489. The molecule has 1 aliphatic heterocycles. The number of carbonyl (C=O) groups excluding carboxylic acids is 2. The van der Waals surface area contributed by atoms with Crippen LogP contribution in [0.2, 0.25) is 0 Å². The van der Waals surface area contributed by atoms with Gasteiger partial charge in [-0.15, -0.1) is 0 Å². The first-order valence-electron chi connectivity index (χ1n) is 9.30. The maximum absolute atomic E-state index is 11.6. The predicted octanol–water partition coefficient (Wildman–Crippen LogP) is 3.52. The Bertz CT molecular complexity index is 998. The van der Waals surface area contributed by atoms with Crippen molar-refractivity contribution in [3.05, 3.63) is 83.6 Å². The van der Waals surface area contributed by atoms with Crippen molar-refractivity contribution in [3.63, 3.8) is 0 Å². The molecule has 29 heavy (non-hydrogen) atoms. The van der Waals surface area contributed by atoms with Crippen LogP contribution in [0.25, 0.3) is 0 Å². The van der Waals surface area contributed by atoms with Crippen LogP contribution in [0.15, 0.2) is 65.4 Å². The fourth-order valence-electron chi connectivity index (χ4n) is 3.28. The second-order valence-electron chi connectivity index (χ2n) is 6.84. The van der Waals surface area contributed by atoms with Crippen molar-refractivity contribution < 1.29 is 23.5 Å². The second-order valence-corrected chi connectivity index (χ2v) is 6.84. The van der Waals surface area contributed by atoms with E-state index in [0.717, 1.165) is 22.6 Å². The molecule has 3 aromatic rings. The van der Waals surface area contributed by atoms with E-state index in [-0.39, 0.29) is 6.10 Å². The van der Waals surface area contributed by atoms with Crippen LogP contribution in [0.4, 0.5) is 4.79 Å². The van der Waals surface area contributed by atoms with Crippen molar-refractivity contribution in [2.75, 3.05) is 0 Å². The van der Waals surface area contributed by atoms with E-state index in [1.807, 2.05) is 61.5 Å². The van der Waals surface area contributed by atoms with Crippen molar-refractivity contribution in [3.8, 4) is 5.75 Å². The van der Waals surface area contributed by atoms with Gasteiger partial charge in [-0.2, -0.15) is 0 Å². The molecular formula is C22H20N2O5. The lowest BCUT2D eigenvalue weighted by Gasteiger charge is -2.18. The molecule has 0 radical (unpaired) electrons. The molecule has 0 saturated carbocycles. The number of benzene rings is 2. The number of nitrogens with one attached hydrogen (secondary N) is 1. The molecule has 4 rings (SSSR count). The highest BCUT2D eigenvalue weighted by Gasteiger charge is 2.32. The van der Waals surface area contributed by atoms with Crippen LogP contribution in [-0.2, 0) is 22.4 Å². The lowest BCUT2D eigenvalue weighted by atomic mass is 10.0. The first-order valence-corrected chi connectivity index (χ1v) is 9.30. The first-order chi connectivity index (χ1) is 14.1. The third-order valence-electron chi connectivity index (χ3n) is 4.76. The summed E-state index contributed by atoms with van der Waals surface area (Å²) in [6, 6.07) is 16.8. The minimum Gasteiger partial charge on any atom is -0.484 e. The topological polar surface area (TPSA) is 90.7 Å². The summed E-state index contributed by atoms with van der Waals surface area (Å²) in [4.78, 5) is 27.1. The molecule has 0 spiro atoms. The van der Waals surface area contributed by atoms with Gasteiger partial charge in [-0.3, -0.25) is 0 Å². The number of aryl methyl sites for hydroxylation is 1. The SMILES string of the molecule is Cc1ocnc1C(Cc1ccccc1)Oc1ccc(CC2NC(=O)OC2=O)cc1. The monoisotopic (exact) mass is 392 g/mol. The van der Waals surface area contributed by atoms with Gasteiger partial charge in [0, 0.05) is 12.8 Å². The summed E-state index contributed by atoms with van der Waals surface area (Å²) in [7, 11) is 0. The third kappa shape index (κ3) is 4.45. The van der Waals surface area contributed by atoms with E-state index >= 15 is 0 Å². The second kappa shape index (κ2) is 8.18. The van der Waals surface area contributed by atoms with E-state index in [4.69, 9.17) is 9.15 Å². The van der Waals surface area contributed by atoms with Crippen LogP contribution in [0.1, 0.15) is 28.7 Å². The van der Waals surface area contributed by atoms with Gasteiger partial charge in [0.1, 0.15) is 29.3 Å². The Morgan fingerprint density at radius 3 is 2.45 bits per heavy atom. The van der Waals surface area contributed by atoms with Crippen molar-refractivity contribution >= 4 is 12.1 Å². The summed E-state index contributed by atoms with van der Waals surface area (Å²) < 4.78 is 16.1. The molecule has 2 heterocycles.